The highest BCUT2D eigenvalue weighted by Gasteiger charge is 2.32. The lowest BCUT2D eigenvalue weighted by Gasteiger charge is -2.38. The fraction of sp³-hybridized carbons (Fsp3) is 0.846. The van der Waals surface area contributed by atoms with E-state index in [9.17, 15) is 9.59 Å². The van der Waals surface area contributed by atoms with E-state index >= 15 is 0 Å². The Morgan fingerprint density at radius 1 is 1.37 bits per heavy atom. The van der Waals surface area contributed by atoms with Crippen molar-refractivity contribution in [3.63, 3.8) is 0 Å². The highest BCUT2D eigenvalue weighted by atomic mass is 16.6. The van der Waals surface area contributed by atoms with E-state index in [2.05, 4.69) is 0 Å². The molecule has 0 saturated carbocycles. The van der Waals surface area contributed by atoms with E-state index < -0.39 is 11.6 Å². The maximum absolute atomic E-state index is 12.0. The Hall–Kier alpha value is -1.30. The standard InChI is InChI=1S/C13H23NO5/c1-9-7-10(18-8-11(15)16)5-6-14(9)12(17)19-13(2,3)4/h9-10H,5-8H2,1-4H3,(H,15,16)/t9-,10-/m0/s1. The fourth-order valence-electron chi connectivity index (χ4n) is 2.06. The summed E-state index contributed by atoms with van der Waals surface area (Å²) in [6.45, 7) is 7.65. The SMILES string of the molecule is C[C@H]1C[C@@H](OCC(=O)O)CCN1C(=O)OC(C)(C)C. The van der Waals surface area contributed by atoms with Crippen LogP contribution in [-0.4, -0.2) is 53.0 Å². The summed E-state index contributed by atoms with van der Waals surface area (Å²) in [6.07, 6.45) is 0.838. The molecule has 1 aliphatic heterocycles. The molecule has 0 aliphatic carbocycles. The molecule has 1 aliphatic rings. The Morgan fingerprint density at radius 3 is 2.47 bits per heavy atom. The molecule has 1 N–H and O–H groups in total. The van der Waals surface area contributed by atoms with Gasteiger partial charge in [0.05, 0.1) is 6.10 Å². The number of likely N-dealkylation sites (tertiary alicyclic amines) is 1. The van der Waals surface area contributed by atoms with Crippen molar-refractivity contribution >= 4 is 12.1 Å². The van der Waals surface area contributed by atoms with Gasteiger partial charge < -0.3 is 19.5 Å². The van der Waals surface area contributed by atoms with E-state index in [1.165, 1.54) is 0 Å². The van der Waals surface area contributed by atoms with E-state index in [1.807, 2.05) is 27.7 Å². The first-order valence-corrected chi connectivity index (χ1v) is 6.52. The van der Waals surface area contributed by atoms with Crippen LogP contribution in [0.2, 0.25) is 0 Å². The van der Waals surface area contributed by atoms with E-state index in [0.717, 1.165) is 0 Å². The maximum atomic E-state index is 12.0. The van der Waals surface area contributed by atoms with Gasteiger partial charge >= 0.3 is 12.1 Å². The second-order valence-corrected chi connectivity index (χ2v) is 5.87. The number of amides is 1. The molecule has 0 unspecified atom stereocenters. The van der Waals surface area contributed by atoms with Crippen molar-refractivity contribution in [1.29, 1.82) is 0 Å². The molecule has 2 atom stereocenters. The summed E-state index contributed by atoms with van der Waals surface area (Å²) in [5.41, 5.74) is -0.506. The van der Waals surface area contributed by atoms with Crippen molar-refractivity contribution < 1.29 is 24.2 Å². The van der Waals surface area contributed by atoms with Gasteiger partial charge in [0.25, 0.3) is 0 Å². The van der Waals surface area contributed by atoms with Crippen LogP contribution in [-0.2, 0) is 14.3 Å². The van der Waals surface area contributed by atoms with Gasteiger partial charge in [-0.25, -0.2) is 9.59 Å². The first-order chi connectivity index (χ1) is 8.69. The molecule has 0 radical (unpaired) electrons. The minimum absolute atomic E-state index is 0.0117. The molecule has 1 amide bonds. The van der Waals surface area contributed by atoms with Crippen molar-refractivity contribution in [3.8, 4) is 0 Å². The monoisotopic (exact) mass is 273 g/mol. The number of carboxylic acids is 1. The number of hydrogen-bond acceptors (Lipinski definition) is 4. The zero-order chi connectivity index (χ0) is 14.6. The highest BCUT2D eigenvalue weighted by molar-refractivity contribution is 5.69. The summed E-state index contributed by atoms with van der Waals surface area (Å²) < 4.78 is 10.6. The third-order valence-corrected chi connectivity index (χ3v) is 2.90. The van der Waals surface area contributed by atoms with Crippen LogP contribution in [0.15, 0.2) is 0 Å². The van der Waals surface area contributed by atoms with E-state index in [-0.39, 0.29) is 24.8 Å². The summed E-state index contributed by atoms with van der Waals surface area (Å²) in [4.78, 5) is 24.1. The average Bonchev–Trinajstić information content (AvgIpc) is 2.23. The molecule has 1 fully saturated rings. The second kappa shape index (κ2) is 6.23. The number of piperidine rings is 1. The third kappa shape index (κ3) is 5.46. The zero-order valence-electron chi connectivity index (χ0n) is 12.0. The lowest BCUT2D eigenvalue weighted by molar-refractivity contribution is -0.145. The molecule has 110 valence electrons. The molecule has 0 aromatic carbocycles. The number of rotatable bonds is 3. The van der Waals surface area contributed by atoms with E-state index in [1.54, 1.807) is 4.90 Å². The van der Waals surface area contributed by atoms with Crippen molar-refractivity contribution in [2.24, 2.45) is 0 Å². The maximum Gasteiger partial charge on any atom is 0.410 e. The van der Waals surface area contributed by atoms with Gasteiger partial charge in [-0.15, -0.1) is 0 Å². The predicted octanol–water partition coefficient (Wildman–Crippen LogP) is 1.88. The minimum Gasteiger partial charge on any atom is -0.480 e. The van der Waals surface area contributed by atoms with Gasteiger partial charge in [0.15, 0.2) is 0 Å². The molecule has 6 heteroatoms. The van der Waals surface area contributed by atoms with Crippen molar-refractivity contribution in [2.45, 2.75) is 58.3 Å². The molecule has 1 saturated heterocycles. The van der Waals surface area contributed by atoms with E-state index in [4.69, 9.17) is 14.6 Å². The van der Waals surface area contributed by atoms with Gasteiger partial charge in [0.2, 0.25) is 0 Å². The average molecular weight is 273 g/mol. The molecular formula is C13H23NO5. The van der Waals surface area contributed by atoms with E-state index in [0.29, 0.717) is 19.4 Å². The van der Waals surface area contributed by atoms with Gasteiger partial charge in [0, 0.05) is 12.6 Å². The minimum atomic E-state index is -0.970. The molecule has 0 aromatic heterocycles. The van der Waals surface area contributed by atoms with Crippen molar-refractivity contribution in [2.75, 3.05) is 13.2 Å². The quantitative estimate of drug-likeness (QED) is 0.849. The number of carboxylic acid groups (broad SMARTS) is 1. The Bertz CT molecular complexity index is 336. The van der Waals surface area contributed by atoms with Crippen LogP contribution in [0.4, 0.5) is 4.79 Å². The number of aliphatic carboxylic acids is 1. The zero-order valence-corrected chi connectivity index (χ0v) is 12.0. The van der Waals surface area contributed by atoms with Crippen LogP contribution in [0.1, 0.15) is 40.5 Å². The molecule has 0 bridgehead atoms. The predicted molar refractivity (Wildman–Crippen MR) is 69.0 cm³/mol. The topological polar surface area (TPSA) is 76.1 Å². The van der Waals surface area contributed by atoms with Gasteiger partial charge in [0.1, 0.15) is 12.2 Å². The number of hydrogen-bond donors (Lipinski definition) is 1. The molecule has 19 heavy (non-hydrogen) atoms. The first kappa shape index (κ1) is 15.8. The Labute approximate surface area is 113 Å². The summed E-state index contributed by atoms with van der Waals surface area (Å²) in [6, 6.07) is -0.0117. The Morgan fingerprint density at radius 2 is 2.00 bits per heavy atom. The number of nitrogens with zero attached hydrogens (tertiary/aromatic N) is 1. The Balaban J connectivity index is 2.45. The van der Waals surface area contributed by atoms with Crippen molar-refractivity contribution in [1.82, 2.24) is 4.90 Å². The number of carbonyl (C=O) groups excluding carboxylic acids is 1. The molecule has 0 aromatic rings. The summed E-state index contributed by atoms with van der Waals surface area (Å²) in [7, 11) is 0. The van der Waals surface area contributed by atoms with Crippen LogP contribution in [0.25, 0.3) is 0 Å². The Kier molecular flexibility index (Phi) is 5.17. The summed E-state index contributed by atoms with van der Waals surface area (Å²) in [5, 5.41) is 8.57. The number of carbonyl (C=O) groups is 2. The van der Waals surface area contributed by atoms with Crippen LogP contribution in [0.3, 0.4) is 0 Å². The van der Waals surface area contributed by atoms with Crippen LogP contribution >= 0.6 is 0 Å². The van der Waals surface area contributed by atoms with Crippen LogP contribution in [0.5, 0.6) is 0 Å². The smallest absolute Gasteiger partial charge is 0.410 e. The van der Waals surface area contributed by atoms with Gasteiger partial charge in [-0.3, -0.25) is 0 Å². The van der Waals surface area contributed by atoms with Crippen LogP contribution in [0, 0.1) is 0 Å². The highest BCUT2D eigenvalue weighted by Crippen LogP contribution is 2.22. The molecule has 0 spiro atoms. The van der Waals surface area contributed by atoms with Gasteiger partial charge in [-0.2, -0.15) is 0 Å². The first-order valence-electron chi connectivity index (χ1n) is 6.52. The van der Waals surface area contributed by atoms with Gasteiger partial charge in [-0.1, -0.05) is 0 Å². The molecule has 6 nitrogen and oxygen atoms in total. The van der Waals surface area contributed by atoms with Crippen LogP contribution < -0.4 is 0 Å². The molecular weight excluding hydrogens is 250 g/mol. The molecule has 1 heterocycles. The van der Waals surface area contributed by atoms with Gasteiger partial charge in [-0.05, 0) is 40.5 Å². The molecule has 1 rings (SSSR count). The number of ether oxygens (including phenoxy) is 2. The fourth-order valence-corrected chi connectivity index (χ4v) is 2.06. The lowest BCUT2D eigenvalue weighted by atomic mass is 10.0. The lowest BCUT2D eigenvalue weighted by Crippen LogP contribution is -2.48. The normalized spacial score (nSPS) is 24.1. The summed E-state index contributed by atoms with van der Waals surface area (Å²) in [5.74, 6) is -0.970. The third-order valence-electron chi connectivity index (χ3n) is 2.90. The largest absolute Gasteiger partial charge is 0.480 e. The summed E-state index contributed by atoms with van der Waals surface area (Å²) >= 11 is 0. The van der Waals surface area contributed by atoms with Crippen molar-refractivity contribution in [3.05, 3.63) is 0 Å². The second-order valence-electron chi connectivity index (χ2n) is 5.87.